The van der Waals surface area contributed by atoms with Crippen molar-refractivity contribution in [2.45, 2.75) is 32.5 Å². The van der Waals surface area contributed by atoms with E-state index >= 15 is 0 Å². The SMILES string of the molecule is CCn1cc(CC(NN)c2ccccc2OC(F)F)cn1. The zero-order chi connectivity index (χ0) is 15.2. The minimum atomic E-state index is -2.87. The molecule has 1 heterocycles. The number of hydrogen-bond donors (Lipinski definition) is 2. The number of aromatic nitrogens is 2. The Morgan fingerprint density at radius 2 is 2.14 bits per heavy atom. The highest BCUT2D eigenvalue weighted by Gasteiger charge is 2.18. The Balaban J connectivity index is 2.20. The van der Waals surface area contributed by atoms with Crippen LogP contribution in [0.2, 0.25) is 0 Å². The summed E-state index contributed by atoms with van der Waals surface area (Å²) >= 11 is 0. The average molecular weight is 296 g/mol. The summed E-state index contributed by atoms with van der Waals surface area (Å²) in [4.78, 5) is 0. The predicted octanol–water partition coefficient (Wildman–Crippen LogP) is 2.25. The second-order valence-electron chi connectivity index (χ2n) is 4.54. The maximum Gasteiger partial charge on any atom is 0.387 e. The molecule has 1 atom stereocenters. The van der Waals surface area contributed by atoms with Crippen LogP contribution >= 0.6 is 0 Å². The molecular formula is C14H18F2N4O. The van der Waals surface area contributed by atoms with Gasteiger partial charge in [-0.05, 0) is 25.0 Å². The van der Waals surface area contributed by atoms with Gasteiger partial charge in [-0.15, -0.1) is 0 Å². The largest absolute Gasteiger partial charge is 0.434 e. The van der Waals surface area contributed by atoms with Gasteiger partial charge in [0, 0.05) is 18.3 Å². The summed E-state index contributed by atoms with van der Waals surface area (Å²) in [6.45, 7) is -0.111. The van der Waals surface area contributed by atoms with Crippen molar-refractivity contribution in [2.75, 3.05) is 0 Å². The van der Waals surface area contributed by atoms with E-state index < -0.39 is 6.61 Å². The van der Waals surface area contributed by atoms with Crippen LogP contribution in [0, 0.1) is 0 Å². The molecule has 114 valence electrons. The van der Waals surface area contributed by atoms with E-state index in [9.17, 15) is 8.78 Å². The Morgan fingerprint density at radius 3 is 2.76 bits per heavy atom. The lowest BCUT2D eigenvalue weighted by molar-refractivity contribution is -0.0507. The molecule has 1 aromatic heterocycles. The molecule has 3 N–H and O–H groups in total. The molecule has 21 heavy (non-hydrogen) atoms. The van der Waals surface area contributed by atoms with E-state index in [1.807, 2.05) is 13.1 Å². The summed E-state index contributed by atoms with van der Waals surface area (Å²) in [5.74, 6) is 5.69. The molecule has 0 amide bonds. The third kappa shape index (κ3) is 3.99. The van der Waals surface area contributed by atoms with Crippen LogP contribution in [0.3, 0.4) is 0 Å². The molecule has 0 aliphatic rings. The van der Waals surface area contributed by atoms with Crippen LogP contribution in [-0.2, 0) is 13.0 Å². The number of aryl methyl sites for hydroxylation is 1. The molecule has 0 bridgehead atoms. The van der Waals surface area contributed by atoms with Crippen LogP contribution in [0.25, 0.3) is 0 Å². The monoisotopic (exact) mass is 296 g/mol. The number of nitrogens with zero attached hydrogens (tertiary/aromatic N) is 2. The normalized spacial score (nSPS) is 12.6. The molecule has 0 radical (unpaired) electrons. The number of halogens is 2. The zero-order valence-corrected chi connectivity index (χ0v) is 11.7. The van der Waals surface area contributed by atoms with Gasteiger partial charge >= 0.3 is 6.61 Å². The average Bonchev–Trinajstić information content (AvgIpc) is 2.93. The first-order valence-corrected chi connectivity index (χ1v) is 6.65. The zero-order valence-electron chi connectivity index (χ0n) is 11.7. The highest BCUT2D eigenvalue weighted by molar-refractivity contribution is 5.36. The first-order chi connectivity index (χ1) is 10.1. The van der Waals surface area contributed by atoms with Gasteiger partial charge in [0.05, 0.1) is 12.2 Å². The van der Waals surface area contributed by atoms with Crippen LogP contribution in [0.5, 0.6) is 5.75 Å². The molecule has 0 saturated heterocycles. The molecular weight excluding hydrogens is 278 g/mol. The second kappa shape index (κ2) is 7.14. The fourth-order valence-electron chi connectivity index (χ4n) is 2.15. The summed E-state index contributed by atoms with van der Waals surface area (Å²) in [7, 11) is 0. The van der Waals surface area contributed by atoms with E-state index in [4.69, 9.17) is 5.84 Å². The van der Waals surface area contributed by atoms with Crippen LogP contribution in [-0.4, -0.2) is 16.4 Å². The lowest BCUT2D eigenvalue weighted by Crippen LogP contribution is -2.30. The summed E-state index contributed by atoms with van der Waals surface area (Å²) < 4.78 is 31.3. The van der Waals surface area contributed by atoms with Crippen molar-refractivity contribution in [1.29, 1.82) is 0 Å². The number of hydrogen-bond acceptors (Lipinski definition) is 4. The molecule has 0 fully saturated rings. The molecule has 1 aromatic carbocycles. The summed E-state index contributed by atoms with van der Waals surface area (Å²) in [6, 6.07) is 6.28. The number of hydrazine groups is 1. The maximum absolute atomic E-state index is 12.5. The Hall–Kier alpha value is -1.99. The Morgan fingerprint density at radius 1 is 1.38 bits per heavy atom. The molecule has 2 aromatic rings. The van der Waals surface area contributed by atoms with Crippen LogP contribution in [0.15, 0.2) is 36.7 Å². The summed E-state index contributed by atoms with van der Waals surface area (Å²) in [6.07, 6.45) is 4.17. The number of benzene rings is 1. The Bertz CT molecular complexity index is 574. The molecule has 2 rings (SSSR count). The van der Waals surface area contributed by atoms with E-state index in [2.05, 4.69) is 15.3 Å². The van der Waals surface area contributed by atoms with Crippen molar-refractivity contribution < 1.29 is 13.5 Å². The van der Waals surface area contributed by atoms with Gasteiger partial charge in [0.2, 0.25) is 0 Å². The highest BCUT2D eigenvalue weighted by atomic mass is 19.3. The van der Waals surface area contributed by atoms with Gasteiger partial charge in [-0.3, -0.25) is 16.0 Å². The minimum absolute atomic E-state index is 0.123. The first-order valence-electron chi connectivity index (χ1n) is 6.65. The van der Waals surface area contributed by atoms with Crippen LogP contribution in [0.1, 0.15) is 24.1 Å². The van der Waals surface area contributed by atoms with Crippen molar-refractivity contribution in [1.82, 2.24) is 15.2 Å². The van der Waals surface area contributed by atoms with Gasteiger partial charge in [-0.25, -0.2) is 0 Å². The molecule has 7 heteroatoms. The molecule has 5 nitrogen and oxygen atoms in total. The number of para-hydroxylation sites is 1. The van der Waals surface area contributed by atoms with Crippen molar-refractivity contribution >= 4 is 0 Å². The molecule has 1 unspecified atom stereocenters. The second-order valence-corrected chi connectivity index (χ2v) is 4.54. The van der Waals surface area contributed by atoms with Gasteiger partial charge in [-0.2, -0.15) is 13.9 Å². The lowest BCUT2D eigenvalue weighted by Gasteiger charge is -2.19. The molecule has 0 saturated carbocycles. The van der Waals surface area contributed by atoms with E-state index in [1.165, 1.54) is 6.07 Å². The first kappa shape index (κ1) is 15.4. The Kier molecular flexibility index (Phi) is 5.24. The van der Waals surface area contributed by atoms with E-state index in [0.29, 0.717) is 12.0 Å². The third-order valence-corrected chi connectivity index (χ3v) is 3.16. The number of ether oxygens (including phenoxy) is 1. The number of rotatable bonds is 7. The van der Waals surface area contributed by atoms with Crippen molar-refractivity contribution in [3.8, 4) is 5.75 Å². The van der Waals surface area contributed by atoms with Crippen LogP contribution < -0.4 is 16.0 Å². The third-order valence-electron chi connectivity index (χ3n) is 3.16. The van der Waals surface area contributed by atoms with Crippen molar-refractivity contribution in [3.63, 3.8) is 0 Å². The standard InChI is InChI=1S/C14H18F2N4O/c1-2-20-9-10(8-18-20)7-12(19-17)11-5-3-4-6-13(11)21-14(15)16/h3-6,8-9,12,14,19H,2,7,17H2,1H3. The Labute approximate surface area is 121 Å². The van der Waals surface area contributed by atoms with Crippen molar-refractivity contribution in [2.24, 2.45) is 5.84 Å². The molecule has 0 spiro atoms. The summed E-state index contributed by atoms with van der Waals surface area (Å²) in [5, 5.41) is 4.18. The lowest BCUT2D eigenvalue weighted by atomic mass is 10.0. The smallest absolute Gasteiger partial charge is 0.387 e. The van der Waals surface area contributed by atoms with Gasteiger partial charge in [0.1, 0.15) is 5.75 Å². The number of nitrogens with two attached hydrogens (primary N) is 1. The van der Waals surface area contributed by atoms with E-state index in [1.54, 1.807) is 29.1 Å². The van der Waals surface area contributed by atoms with E-state index in [-0.39, 0.29) is 11.8 Å². The maximum atomic E-state index is 12.5. The predicted molar refractivity (Wildman–Crippen MR) is 74.7 cm³/mol. The number of alkyl halides is 2. The van der Waals surface area contributed by atoms with Gasteiger partial charge in [0.15, 0.2) is 0 Å². The van der Waals surface area contributed by atoms with Gasteiger partial charge in [0.25, 0.3) is 0 Å². The van der Waals surface area contributed by atoms with Crippen molar-refractivity contribution in [3.05, 3.63) is 47.8 Å². The van der Waals surface area contributed by atoms with Gasteiger partial charge < -0.3 is 4.74 Å². The van der Waals surface area contributed by atoms with E-state index in [0.717, 1.165) is 12.1 Å². The quantitative estimate of drug-likeness (QED) is 0.607. The minimum Gasteiger partial charge on any atom is -0.434 e. The fraction of sp³-hybridized carbons (Fsp3) is 0.357. The number of nitrogens with one attached hydrogen (secondary N) is 1. The highest BCUT2D eigenvalue weighted by Crippen LogP contribution is 2.28. The summed E-state index contributed by atoms with van der Waals surface area (Å²) in [5.41, 5.74) is 4.20. The van der Waals surface area contributed by atoms with Gasteiger partial charge in [-0.1, -0.05) is 18.2 Å². The van der Waals surface area contributed by atoms with Crippen LogP contribution in [0.4, 0.5) is 8.78 Å². The topological polar surface area (TPSA) is 65.1 Å². The molecule has 0 aliphatic heterocycles. The fourth-order valence-corrected chi connectivity index (χ4v) is 2.15. The molecule has 0 aliphatic carbocycles.